The summed E-state index contributed by atoms with van der Waals surface area (Å²) in [6.07, 6.45) is 2.63. The molecule has 0 spiro atoms. The molecule has 0 fully saturated rings. The molecule has 0 saturated heterocycles. The number of rotatable bonds is 8. The minimum absolute atomic E-state index is 0.157. The summed E-state index contributed by atoms with van der Waals surface area (Å²) in [4.78, 5) is 23.7. The highest BCUT2D eigenvalue weighted by atomic mass is 16.5. The molecular weight excluding hydrogens is 254 g/mol. The number of unbranched alkanes of at least 4 members (excludes halogenated alkanes) is 1. The van der Waals surface area contributed by atoms with Crippen molar-refractivity contribution in [1.29, 1.82) is 0 Å². The van der Waals surface area contributed by atoms with Gasteiger partial charge in [-0.05, 0) is 18.4 Å². The third-order valence-corrected chi connectivity index (χ3v) is 2.98. The molecule has 4 nitrogen and oxygen atoms in total. The first-order valence-corrected chi connectivity index (χ1v) is 7.17. The number of hydrogen-bond donors (Lipinski definition) is 1. The summed E-state index contributed by atoms with van der Waals surface area (Å²) >= 11 is 0. The first kappa shape index (κ1) is 16.2. The van der Waals surface area contributed by atoms with Crippen LogP contribution in [0.3, 0.4) is 0 Å². The van der Waals surface area contributed by atoms with Crippen LogP contribution in [0.25, 0.3) is 0 Å². The van der Waals surface area contributed by atoms with Crippen LogP contribution < -0.4 is 5.32 Å². The molecule has 110 valence electrons. The Morgan fingerprint density at radius 1 is 1.20 bits per heavy atom. The molecule has 0 bridgehead atoms. The Labute approximate surface area is 120 Å². The lowest BCUT2D eigenvalue weighted by Gasteiger charge is -2.16. The lowest BCUT2D eigenvalue weighted by atomic mass is 10.1. The zero-order valence-corrected chi connectivity index (χ0v) is 12.2. The lowest BCUT2D eigenvalue weighted by Crippen LogP contribution is -2.42. The number of benzene rings is 1. The molecule has 0 aliphatic carbocycles. The van der Waals surface area contributed by atoms with Crippen LogP contribution in [0.4, 0.5) is 0 Å². The SMILES string of the molecule is CCCCOC(=O)C(CC)NC(=O)Cc1ccccc1. The fourth-order valence-electron chi connectivity index (χ4n) is 1.77. The van der Waals surface area contributed by atoms with E-state index in [0.29, 0.717) is 13.0 Å². The zero-order valence-electron chi connectivity index (χ0n) is 12.2. The molecule has 0 heterocycles. The monoisotopic (exact) mass is 277 g/mol. The van der Waals surface area contributed by atoms with Crippen LogP contribution in [-0.4, -0.2) is 24.5 Å². The second-order valence-corrected chi connectivity index (χ2v) is 4.71. The van der Waals surface area contributed by atoms with Gasteiger partial charge in [0.2, 0.25) is 5.91 Å². The molecule has 0 aromatic heterocycles. The number of carbonyl (C=O) groups is 2. The van der Waals surface area contributed by atoms with Crippen LogP contribution in [0.1, 0.15) is 38.7 Å². The minimum atomic E-state index is -0.553. The van der Waals surface area contributed by atoms with Gasteiger partial charge in [0, 0.05) is 0 Å². The molecule has 0 aliphatic rings. The van der Waals surface area contributed by atoms with Gasteiger partial charge in [-0.1, -0.05) is 50.6 Å². The average Bonchev–Trinajstić information content (AvgIpc) is 2.46. The van der Waals surface area contributed by atoms with E-state index in [1.165, 1.54) is 0 Å². The molecule has 1 aromatic carbocycles. The number of esters is 1. The highest BCUT2D eigenvalue weighted by molar-refractivity contribution is 5.85. The van der Waals surface area contributed by atoms with Gasteiger partial charge in [-0.3, -0.25) is 4.79 Å². The molecule has 4 heteroatoms. The fraction of sp³-hybridized carbons (Fsp3) is 0.500. The van der Waals surface area contributed by atoms with Gasteiger partial charge in [0.15, 0.2) is 0 Å². The van der Waals surface area contributed by atoms with Gasteiger partial charge >= 0.3 is 5.97 Å². The van der Waals surface area contributed by atoms with E-state index < -0.39 is 6.04 Å². The fourth-order valence-corrected chi connectivity index (χ4v) is 1.77. The molecule has 0 aliphatic heterocycles. The average molecular weight is 277 g/mol. The van der Waals surface area contributed by atoms with Gasteiger partial charge < -0.3 is 10.1 Å². The Kier molecular flexibility index (Phi) is 7.40. The van der Waals surface area contributed by atoms with E-state index in [9.17, 15) is 9.59 Å². The highest BCUT2D eigenvalue weighted by Crippen LogP contribution is 2.02. The molecule has 1 amide bonds. The van der Waals surface area contributed by atoms with Crippen LogP contribution in [-0.2, 0) is 20.7 Å². The van der Waals surface area contributed by atoms with Gasteiger partial charge in [-0.2, -0.15) is 0 Å². The van der Waals surface area contributed by atoms with E-state index in [2.05, 4.69) is 5.32 Å². The smallest absolute Gasteiger partial charge is 0.328 e. The predicted octanol–water partition coefficient (Wildman–Crippen LogP) is 2.47. The first-order valence-electron chi connectivity index (χ1n) is 7.17. The number of hydrogen-bond acceptors (Lipinski definition) is 3. The van der Waals surface area contributed by atoms with Crippen molar-refractivity contribution < 1.29 is 14.3 Å². The summed E-state index contributed by atoms with van der Waals surface area (Å²) in [6.45, 7) is 4.31. The third-order valence-electron chi connectivity index (χ3n) is 2.98. The van der Waals surface area contributed by atoms with E-state index >= 15 is 0 Å². The van der Waals surface area contributed by atoms with Crippen LogP contribution in [0.15, 0.2) is 30.3 Å². The standard InChI is InChI=1S/C16H23NO3/c1-3-5-11-20-16(19)14(4-2)17-15(18)12-13-9-7-6-8-10-13/h6-10,14H,3-5,11-12H2,1-2H3,(H,17,18). The second-order valence-electron chi connectivity index (χ2n) is 4.71. The molecule has 1 N–H and O–H groups in total. The third kappa shape index (κ3) is 5.87. The summed E-state index contributed by atoms with van der Waals surface area (Å²) in [6, 6.07) is 8.91. The maximum atomic E-state index is 11.9. The molecule has 1 atom stereocenters. The normalized spacial score (nSPS) is 11.7. The van der Waals surface area contributed by atoms with Gasteiger partial charge in [0.05, 0.1) is 13.0 Å². The van der Waals surface area contributed by atoms with E-state index in [0.717, 1.165) is 18.4 Å². The van der Waals surface area contributed by atoms with Crippen molar-refractivity contribution in [3.8, 4) is 0 Å². The van der Waals surface area contributed by atoms with Crippen molar-refractivity contribution in [2.24, 2.45) is 0 Å². The number of carbonyl (C=O) groups excluding carboxylic acids is 2. The summed E-state index contributed by atoms with van der Waals surface area (Å²) in [7, 11) is 0. The Bertz CT molecular complexity index is 417. The van der Waals surface area contributed by atoms with Crippen LogP contribution in [0.5, 0.6) is 0 Å². The molecule has 1 aromatic rings. The maximum absolute atomic E-state index is 11.9. The van der Waals surface area contributed by atoms with Crippen LogP contribution >= 0.6 is 0 Å². The molecule has 0 saturated carbocycles. The van der Waals surface area contributed by atoms with Gasteiger partial charge in [0.25, 0.3) is 0 Å². The van der Waals surface area contributed by atoms with Crippen molar-refractivity contribution >= 4 is 11.9 Å². The van der Waals surface area contributed by atoms with E-state index in [1.807, 2.05) is 44.2 Å². The first-order chi connectivity index (χ1) is 9.67. The van der Waals surface area contributed by atoms with E-state index in [1.54, 1.807) is 0 Å². The van der Waals surface area contributed by atoms with Crippen molar-refractivity contribution in [2.75, 3.05) is 6.61 Å². The van der Waals surface area contributed by atoms with Gasteiger partial charge in [-0.15, -0.1) is 0 Å². The molecule has 0 radical (unpaired) electrons. The molecule has 1 rings (SSSR count). The second kappa shape index (κ2) is 9.13. The minimum Gasteiger partial charge on any atom is -0.464 e. The Balaban J connectivity index is 2.42. The van der Waals surface area contributed by atoms with Crippen molar-refractivity contribution in [2.45, 2.75) is 45.6 Å². The zero-order chi connectivity index (χ0) is 14.8. The molecule has 20 heavy (non-hydrogen) atoms. The number of amides is 1. The summed E-state index contributed by atoms with van der Waals surface area (Å²) in [5, 5.41) is 2.73. The highest BCUT2D eigenvalue weighted by Gasteiger charge is 2.20. The largest absolute Gasteiger partial charge is 0.464 e. The Morgan fingerprint density at radius 3 is 2.50 bits per heavy atom. The predicted molar refractivity (Wildman–Crippen MR) is 78.2 cm³/mol. The lowest BCUT2D eigenvalue weighted by molar-refractivity contribution is -0.148. The number of nitrogens with one attached hydrogen (secondary N) is 1. The van der Waals surface area contributed by atoms with Crippen LogP contribution in [0.2, 0.25) is 0 Å². The topological polar surface area (TPSA) is 55.4 Å². The van der Waals surface area contributed by atoms with Gasteiger partial charge in [-0.25, -0.2) is 4.79 Å². The molecular formula is C16H23NO3. The maximum Gasteiger partial charge on any atom is 0.328 e. The summed E-state index contributed by atoms with van der Waals surface area (Å²) in [5.74, 6) is -0.502. The number of ether oxygens (including phenoxy) is 1. The Hall–Kier alpha value is -1.84. The van der Waals surface area contributed by atoms with E-state index in [4.69, 9.17) is 4.74 Å². The van der Waals surface area contributed by atoms with Crippen molar-refractivity contribution in [3.63, 3.8) is 0 Å². The van der Waals surface area contributed by atoms with Crippen LogP contribution in [0, 0.1) is 0 Å². The Morgan fingerprint density at radius 2 is 1.90 bits per heavy atom. The van der Waals surface area contributed by atoms with Crippen molar-refractivity contribution in [3.05, 3.63) is 35.9 Å². The van der Waals surface area contributed by atoms with E-state index in [-0.39, 0.29) is 18.3 Å². The van der Waals surface area contributed by atoms with Crippen molar-refractivity contribution in [1.82, 2.24) is 5.32 Å². The summed E-state index contributed by atoms with van der Waals surface area (Å²) < 4.78 is 5.13. The quantitative estimate of drug-likeness (QED) is 0.586. The van der Waals surface area contributed by atoms with Gasteiger partial charge in [0.1, 0.15) is 6.04 Å². The molecule has 1 unspecified atom stereocenters. The summed E-state index contributed by atoms with van der Waals surface area (Å²) in [5.41, 5.74) is 0.930.